The Kier molecular flexibility index (Phi) is 5.01. The molecular weight excluding hydrogens is 385 g/mol. The average Bonchev–Trinajstić information content (AvgIpc) is 3.17. The van der Waals surface area contributed by atoms with Crippen molar-refractivity contribution in [2.45, 2.75) is 31.4 Å². The van der Waals surface area contributed by atoms with Crippen LogP contribution in [0.1, 0.15) is 23.0 Å². The number of nitrogens with one attached hydrogen (secondary N) is 3. The maximum atomic E-state index is 6.67. The molecule has 0 amide bonds. The lowest BCUT2D eigenvalue weighted by atomic mass is 10.0. The Balaban J connectivity index is 1.53. The lowest BCUT2D eigenvalue weighted by Gasteiger charge is -2.18. The first-order valence-electron chi connectivity index (χ1n) is 8.55. The van der Waals surface area contributed by atoms with E-state index in [1.54, 1.807) is 4.68 Å². The second-order valence-corrected chi connectivity index (χ2v) is 7.28. The van der Waals surface area contributed by atoms with Gasteiger partial charge in [-0.25, -0.2) is 25.5 Å². The number of hydrogen-bond donors (Lipinski definition) is 3. The summed E-state index contributed by atoms with van der Waals surface area (Å²) in [4.78, 5) is 8.60. The molecule has 2 aromatic heterocycles. The third-order valence-corrected chi connectivity index (χ3v) is 5.62. The van der Waals surface area contributed by atoms with E-state index in [0.29, 0.717) is 16.7 Å². The van der Waals surface area contributed by atoms with Gasteiger partial charge in [0.25, 0.3) is 0 Å². The molecule has 1 aliphatic heterocycles. The van der Waals surface area contributed by atoms with Gasteiger partial charge in [-0.15, -0.1) is 11.6 Å². The molecule has 0 spiro atoms. The molecule has 0 bridgehead atoms. The molecule has 140 valence electrons. The predicted molar refractivity (Wildman–Crippen MR) is 106 cm³/mol. The minimum absolute atomic E-state index is 0.0125. The third kappa shape index (κ3) is 3.51. The average molecular weight is 404 g/mol. The number of hydrazine groups is 1. The zero-order valence-electron chi connectivity index (χ0n) is 14.8. The van der Waals surface area contributed by atoms with Crippen molar-refractivity contribution in [3.63, 3.8) is 0 Å². The highest BCUT2D eigenvalue weighted by atomic mass is 35.5. The third-order valence-electron chi connectivity index (χ3n) is 4.57. The summed E-state index contributed by atoms with van der Waals surface area (Å²) >= 11 is 12.9. The predicted octanol–water partition coefficient (Wildman–Crippen LogP) is 3.13. The Hall–Kier alpha value is -2.19. The lowest BCUT2D eigenvalue weighted by molar-refractivity contribution is 0.563. The molecule has 1 aliphatic rings. The van der Waals surface area contributed by atoms with Crippen LogP contribution in [0.2, 0.25) is 5.02 Å². The zero-order valence-corrected chi connectivity index (χ0v) is 16.3. The van der Waals surface area contributed by atoms with E-state index in [0.717, 1.165) is 17.0 Å². The second kappa shape index (κ2) is 7.44. The van der Waals surface area contributed by atoms with Crippen molar-refractivity contribution in [2.24, 2.45) is 0 Å². The van der Waals surface area contributed by atoms with Gasteiger partial charge >= 0.3 is 0 Å². The summed E-state index contributed by atoms with van der Waals surface area (Å²) in [7, 11) is 0. The van der Waals surface area contributed by atoms with Crippen molar-refractivity contribution >= 4 is 29.0 Å². The SMILES string of the molecule is Cc1nn(-c2cc(NC3NNC(c4ccccc4)C3Cl)ncn2)c(C)c1Cl. The highest BCUT2D eigenvalue weighted by Gasteiger charge is 2.35. The summed E-state index contributed by atoms with van der Waals surface area (Å²) in [5.41, 5.74) is 9.14. The maximum Gasteiger partial charge on any atom is 0.159 e. The van der Waals surface area contributed by atoms with E-state index in [-0.39, 0.29) is 17.6 Å². The Morgan fingerprint density at radius 3 is 2.59 bits per heavy atom. The van der Waals surface area contributed by atoms with Crippen molar-refractivity contribution in [1.82, 2.24) is 30.6 Å². The summed E-state index contributed by atoms with van der Waals surface area (Å²) in [5, 5.41) is 8.16. The number of alkyl halides is 1. The van der Waals surface area contributed by atoms with Crippen molar-refractivity contribution in [1.29, 1.82) is 0 Å². The van der Waals surface area contributed by atoms with E-state index < -0.39 is 0 Å². The first-order valence-corrected chi connectivity index (χ1v) is 9.37. The van der Waals surface area contributed by atoms with Crippen LogP contribution in [-0.4, -0.2) is 31.3 Å². The van der Waals surface area contributed by atoms with E-state index in [1.165, 1.54) is 6.33 Å². The van der Waals surface area contributed by atoms with Gasteiger partial charge in [0, 0.05) is 6.07 Å². The lowest BCUT2D eigenvalue weighted by Crippen LogP contribution is -2.38. The number of benzene rings is 1. The van der Waals surface area contributed by atoms with Gasteiger partial charge in [0.15, 0.2) is 5.82 Å². The molecule has 3 unspecified atom stereocenters. The van der Waals surface area contributed by atoms with Crippen LogP contribution in [0, 0.1) is 13.8 Å². The molecular formula is C18H19Cl2N7. The summed E-state index contributed by atoms with van der Waals surface area (Å²) < 4.78 is 1.70. The quantitative estimate of drug-likeness (QED) is 0.580. The molecule has 4 rings (SSSR count). The van der Waals surface area contributed by atoms with Crippen LogP contribution in [-0.2, 0) is 0 Å². The standard InChI is InChI=1S/C18H19Cl2N7/c1-10-15(19)11(2)27(26-10)14-8-13(21-9-22-14)23-18-16(20)17(24-25-18)12-6-4-3-5-7-12/h3-9,16-18,24-25H,1-2H3,(H,21,22,23). The number of anilines is 1. The molecule has 9 heteroatoms. The Morgan fingerprint density at radius 2 is 1.89 bits per heavy atom. The highest BCUT2D eigenvalue weighted by Crippen LogP contribution is 2.28. The van der Waals surface area contributed by atoms with Gasteiger partial charge in [-0.2, -0.15) is 5.10 Å². The monoisotopic (exact) mass is 403 g/mol. The van der Waals surface area contributed by atoms with Gasteiger partial charge in [-0.1, -0.05) is 41.9 Å². The summed E-state index contributed by atoms with van der Waals surface area (Å²) in [6, 6.07) is 11.9. The molecule has 7 nitrogen and oxygen atoms in total. The van der Waals surface area contributed by atoms with Crippen molar-refractivity contribution < 1.29 is 0 Å². The molecule has 1 saturated heterocycles. The summed E-state index contributed by atoms with van der Waals surface area (Å²) in [6.45, 7) is 3.77. The molecule has 3 heterocycles. The fourth-order valence-electron chi connectivity index (χ4n) is 3.12. The Labute approximate surface area is 167 Å². The molecule has 1 aromatic carbocycles. The van der Waals surface area contributed by atoms with Crippen molar-refractivity contribution in [3.8, 4) is 5.82 Å². The number of rotatable bonds is 4. The largest absolute Gasteiger partial charge is 0.352 e. The van der Waals surface area contributed by atoms with Crippen LogP contribution in [0.25, 0.3) is 5.82 Å². The van der Waals surface area contributed by atoms with Crippen LogP contribution in [0.5, 0.6) is 0 Å². The fourth-order valence-corrected chi connectivity index (χ4v) is 3.57. The Morgan fingerprint density at radius 1 is 1.11 bits per heavy atom. The van der Waals surface area contributed by atoms with Crippen LogP contribution in [0.4, 0.5) is 5.82 Å². The van der Waals surface area contributed by atoms with Crippen molar-refractivity contribution in [2.75, 3.05) is 5.32 Å². The zero-order chi connectivity index (χ0) is 19.0. The summed E-state index contributed by atoms with van der Waals surface area (Å²) in [6.07, 6.45) is 1.28. The van der Waals surface area contributed by atoms with Gasteiger partial charge in [0.2, 0.25) is 0 Å². The number of hydrogen-bond acceptors (Lipinski definition) is 6. The first kappa shape index (κ1) is 18.2. The van der Waals surface area contributed by atoms with Crippen LogP contribution in [0.3, 0.4) is 0 Å². The van der Waals surface area contributed by atoms with Gasteiger partial charge < -0.3 is 5.32 Å². The fraction of sp³-hybridized carbons (Fsp3) is 0.278. The van der Waals surface area contributed by atoms with E-state index >= 15 is 0 Å². The molecule has 27 heavy (non-hydrogen) atoms. The van der Waals surface area contributed by atoms with Gasteiger partial charge in [-0.3, -0.25) is 0 Å². The highest BCUT2D eigenvalue weighted by molar-refractivity contribution is 6.31. The number of aromatic nitrogens is 4. The number of nitrogens with zero attached hydrogens (tertiary/aromatic N) is 4. The molecule has 3 atom stereocenters. The van der Waals surface area contributed by atoms with Crippen LogP contribution < -0.4 is 16.2 Å². The van der Waals surface area contributed by atoms with E-state index in [1.807, 2.05) is 50.2 Å². The van der Waals surface area contributed by atoms with E-state index in [2.05, 4.69) is 31.2 Å². The first-order chi connectivity index (χ1) is 13.0. The molecule has 0 aliphatic carbocycles. The Bertz CT molecular complexity index is 944. The van der Waals surface area contributed by atoms with Gasteiger partial charge in [0.05, 0.1) is 27.8 Å². The topological polar surface area (TPSA) is 79.7 Å². The molecule has 0 saturated carbocycles. The molecule has 0 radical (unpaired) electrons. The maximum absolute atomic E-state index is 6.67. The molecule has 3 aromatic rings. The van der Waals surface area contributed by atoms with E-state index in [9.17, 15) is 0 Å². The van der Waals surface area contributed by atoms with Crippen LogP contribution >= 0.6 is 23.2 Å². The van der Waals surface area contributed by atoms with E-state index in [4.69, 9.17) is 23.2 Å². The van der Waals surface area contributed by atoms with Gasteiger partial charge in [-0.05, 0) is 19.4 Å². The van der Waals surface area contributed by atoms with Crippen LogP contribution in [0.15, 0.2) is 42.7 Å². The second-order valence-electron chi connectivity index (χ2n) is 6.40. The molecule has 3 N–H and O–H groups in total. The molecule has 1 fully saturated rings. The van der Waals surface area contributed by atoms with Gasteiger partial charge in [0.1, 0.15) is 18.3 Å². The normalized spacial score (nSPS) is 22.1. The number of halogens is 2. The smallest absolute Gasteiger partial charge is 0.159 e. The number of aryl methyl sites for hydroxylation is 1. The minimum atomic E-state index is -0.214. The van der Waals surface area contributed by atoms with Crippen molar-refractivity contribution in [3.05, 3.63) is 64.7 Å². The minimum Gasteiger partial charge on any atom is -0.352 e. The summed E-state index contributed by atoms with van der Waals surface area (Å²) in [5.74, 6) is 1.28.